The molecule has 2 aromatic rings. The molecule has 2 aromatic carbocycles. The molecule has 6 heteroatoms. The monoisotopic (exact) mass is 400 g/mol. The Labute approximate surface area is 171 Å². The van der Waals surface area contributed by atoms with Gasteiger partial charge >= 0.3 is 0 Å². The first-order chi connectivity index (χ1) is 13.5. The average molecular weight is 401 g/mol. The van der Waals surface area contributed by atoms with Crippen molar-refractivity contribution in [1.82, 2.24) is 5.32 Å². The summed E-state index contributed by atoms with van der Waals surface area (Å²) in [5.41, 5.74) is 1.76. The summed E-state index contributed by atoms with van der Waals surface area (Å²) in [4.78, 5) is 24.4. The van der Waals surface area contributed by atoms with E-state index in [2.05, 4.69) is 17.6 Å². The predicted octanol–water partition coefficient (Wildman–Crippen LogP) is 4.62. The van der Waals surface area contributed by atoms with Crippen molar-refractivity contribution in [2.24, 2.45) is 0 Å². The number of anilines is 1. The van der Waals surface area contributed by atoms with E-state index in [1.165, 1.54) is 18.7 Å². The molecule has 0 heterocycles. The van der Waals surface area contributed by atoms with Crippen molar-refractivity contribution in [1.29, 1.82) is 0 Å². The topological polar surface area (TPSA) is 67.4 Å². The van der Waals surface area contributed by atoms with Gasteiger partial charge in [-0.25, -0.2) is 0 Å². The molecule has 2 N–H and O–H groups in total. The average Bonchev–Trinajstić information content (AvgIpc) is 2.68. The standard InChI is InChI=1S/C22H28N2O3S/c1-4-5-13-27-20-8-6-7-18(14-20)15-23-22(26)16(2)28-21-11-9-19(10-12-21)24-17(3)25/h6-12,14,16H,4-5,13,15H2,1-3H3,(H,23,26)(H,24,25). The van der Waals surface area contributed by atoms with Crippen molar-refractivity contribution in [2.75, 3.05) is 11.9 Å². The maximum absolute atomic E-state index is 12.4. The van der Waals surface area contributed by atoms with Crippen molar-refractivity contribution in [2.45, 2.75) is 50.3 Å². The Morgan fingerprint density at radius 3 is 2.57 bits per heavy atom. The van der Waals surface area contributed by atoms with Gasteiger partial charge in [0.15, 0.2) is 0 Å². The summed E-state index contributed by atoms with van der Waals surface area (Å²) in [5, 5.41) is 5.48. The highest BCUT2D eigenvalue weighted by Gasteiger charge is 2.14. The lowest BCUT2D eigenvalue weighted by atomic mass is 10.2. The molecule has 0 spiro atoms. The highest BCUT2D eigenvalue weighted by Crippen LogP contribution is 2.25. The molecule has 0 saturated heterocycles. The smallest absolute Gasteiger partial charge is 0.233 e. The Hall–Kier alpha value is -2.47. The van der Waals surface area contributed by atoms with Gasteiger partial charge in [-0.2, -0.15) is 0 Å². The zero-order valence-electron chi connectivity index (χ0n) is 16.7. The second kappa shape index (κ2) is 11.4. The Kier molecular flexibility index (Phi) is 8.88. The van der Waals surface area contributed by atoms with Crippen LogP contribution in [-0.4, -0.2) is 23.7 Å². The molecule has 0 aromatic heterocycles. The lowest BCUT2D eigenvalue weighted by Crippen LogP contribution is -2.30. The van der Waals surface area contributed by atoms with Crippen LogP contribution in [0.1, 0.15) is 39.2 Å². The normalized spacial score (nSPS) is 11.5. The third-order valence-corrected chi connectivity index (χ3v) is 5.10. The van der Waals surface area contributed by atoms with E-state index in [1.807, 2.05) is 55.5 Å². The highest BCUT2D eigenvalue weighted by atomic mass is 32.2. The van der Waals surface area contributed by atoms with Crippen LogP contribution >= 0.6 is 11.8 Å². The second-order valence-corrected chi connectivity index (χ2v) is 7.95. The summed E-state index contributed by atoms with van der Waals surface area (Å²) in [6.45, 7) is 6.66. The Balaban J connectivity index is 1.82. The van der Waals surface area contributed by atoms with E-state index in [1.54, 1.807) is 0 Å². The minimum Gasteiger partial charge on any atom is -0.494 e. The van der Waals surface area contributed by atoms with Gasteiger partial charge in [0.2, 0.25) is 11.8 Å². The predicted molar refractivity (Wildman–Crippen MR) is 115 cm³/mol. The highest BCUT2D eigenvalue weighted by molar-refractivity contribution is 8.00. The number of rotatable bonds is 10. The van der Waals surface area contributed by atoms with Gasteiger partial charge in [0.1, 0.15) is 5.75 Å². The van der Waals surface area contributed by atoms with Gasteiger partial charge in [0.05, 0.1) is 11.9 Å². The SMILES string of the molecule is CCCCOc1cccc(CNC(=O)C(C)Sc2ccc(NC(C)=O)cc2)c1. The molecule has 150 valence electrons. The third-order valence-electron chi connectivity index (χ3n) is 3.99. The number of carbonyl (C=O) groups is 2. The molecule has 1 unspecified atom stereocenters. The lowest BCUT2D eigenvalue weighted by molar-refractivity contribution is -0.120. The molecular weight excluding hydrogens is 372 g/mol. The first kappa shape index (κ1) is 21.8. The summed E-state index contributed by atoms with van der Waals surface area (Å²) in [6, 6.07) is 15.3. The van der Waals surface area contributed by atoms with Gasteiger partial charge < -0.3 is 15.4 Å². The number of unbranched alkanes of at least 4 members (excludes halogenated alkanes) is 1. The molecule has 0 bridgehead atoms. The maximum atomic E-state index is 12.4. The van der Waals surface area contributed by atoms with Crippen LogP contribution in [0.15, 0.2) is 53.4 Å². The molecule has 2 amide bonds. The van der Waals surface area contributed by atoms with Gasteiger partial charge in [-0.05, 0) is 55.3 Å². The van der Waals surface area contributed by atoms with Crippen LogP contribution in [0.4, 0.5) is 5.69 Å². The van der Waals surface area contributed by atoms with Gasteiger partial charge in [-0.1, -0.05) is 25.5 Å². The third kappa shape index (κ3) is 7.64. The van der Waals surface area contributed by atoms with E-state index >= 15 is 0 Å². The number of ether oxygens (including phenoxy) is 1. The number of thioether (sulfide) groups is 1. The molecular formula is C22H28N2O3S. The van der Waals surface area contributed by atoms with Crippen molar-refractivity contribution in [3.8, 4) is 5.75 Å². The van der Waals surface area contributed by atoms with Crippen LogP contribution in [0.5, 0.6) is 5.75 Å². The maximum Gasteiger partial charge on any atom is 0.233 e. The van der Waals surface area contributed by atoms with E-state index in [0.29, 0.717) is 13.2 Å². The number of nitrogens with one attached hydrogen (secondary N) is 2. The van der Waals surface area contributed by atoms with Gasteiger partial charge in [0.25, 0.3) is 0 Å². The first-order valence-electron chi connectivity index (χ1n) is 9.51. The van der Waals surface area contributed by atoms with Gasteiger partial charge in [-0.3, -0.25) is 9.59 Å². The number of carbonyl (C=O) groups excluding carboxylic acids is 2. The summed E-state index contributed by atoms with van der Waals surface area (Å²) >= 11 is 1.48. The molecule has 0 aliphatic heterocycles. The van der Waals surface area contributed by atoms with Crippen LogP contribution in [0, 0.1) is 0 Å². The second-order valence-electron chi connectivity index (χ2n) is 6.53. The summed E-state index contributed by atoms with van der Waals surface area (Å²) in [6.07, 6.45) is 2.13. The van der Waals surface area contributed by atoms with Crippen LogP contribution in [0.25, 0.3) is 0 Å². The number of amides is 2. The van der Waals surface area contributed by atoms with Gasteiger partial charge in [0, 0.05) is 24.1 Å². The zero-order valence-corrected chi connectivity index (χ0v) is 17.5. The van der Waals surface area contributed by atoms with Crippen LogP contribution in [0.2, 0.25) is 0 Å². The summed E-state index contributed by atoms with van der Waals surface area (Å²) < 4.78 is 5.71. The van der Waals surface area contributed by atoms with Crippen LogP contribution in [0.3, 0.4) is 0 Å². The van der Waals surface area contributed by atoms with Crippen LogP contribution in [-0.2, 0) is 16.1 Å². The zero-order chi connectivity index (χ0) is 20.4. The number of benzene rings is 2. The fourth-order valence-corrected chi connectivity index (χ4v) is 3.38. The summed E-state index contributed by atoms with van der Waals surface area (Å²) in [5.74, 6) is 0.711. The van der Waals surface area contributed by atoms with E-state index in [4.69, 9.17) is 4.74 Å². The van der Waals surface area contributed by atoms with Crippen molar-refractivity contribution in [3.63, 3.8) is 0 Å². The van der Waals surface area contributed by atoms with E-state index in [0.717, 1.165) is 34.7 Å². The van der Waals surface area contributed by atoms with Crippen LogP contribution < -0.4 is 15.4 Å². The fraction of sp³-hybridized carbons (Fsp3) is 0.364. The fourth-order valence-electron chi connectivity index (χ4n) is 2.49. The molecule has 0 radical (unpaired) electrons. The molecule has 1 atom stereocenters. The minimum atomic E-state index is -0.226. The molecule has 0 aliphatic rings. The summed E-state index contributed by atoms with van der Waals surface area (Å²) in [7, 11) is 0. The van der Waals surface area contributed by atoms with Crippen molar-refractivity contribution in [3.05, 3.63) is 54.1 Å². The van der Waals surface area contributed by atoms with Gasteiger partial charge in [-0.15, -0.1) is 11.8 Å². The Bertz CT molecular complexity index is 778. The molecule has 0 aliphatic carbocycles. The van der Waals surface area contributed by atoms with Crippen molar-refractivity contribution >= 4 is 29.3 Å². The molecule has 2 rings (SSSR count). The number of hydrogen-bond donors (Lipinski definition) is 2. The molecule has 28 heavy (non-hydrogen) atoms. The molecule has 0 fully saturated rings. The van der Waals surface area contributed by atoms with E-state index in [9.17, 15) is 9.59 Å². The first-order valence-corrected chi connectivity index (χ1v) is 10.4. The Morgan fingerprint density at radius 1 is 1.14 bits per heavy atom. The van der Waals surface area contributed by atoms with E-state index < -0.39 is 0 Å². The minimum absolute atomic E-state index is 0.0201. The largest absolute Gasteiger partial charge is 0.494 e. The lowest BCUT2D eigenvalue weighted by Gasteiger charge is -2.13. The molecule has 5 nitrogen and oxygen atoms in total. The quantitative estimate of drug-likeness (QED) is 0.451. The molecule has 0 saturated carbocycles. The van der Waals surface area contributed by atoms with E-state index in [-0.39, 0.29) is 17.1 Å². The van der Waals surface area contributed by atoms with Crippen molar-refractivity contribution < 1.29 is 14.3 Å². The Morgan fingerprint density at radius 2 is 1.89 bits per heavy atom. The number of hydrogen-bond acceptors (Lipinski definition) is 4.